The summed E-state index contributed by atoms with van der Waals surface area (Å²) in [5, 5.41) is 0. The zero-order valence-electron chi connectivity index (χ0n) is 25.2. The number of benzene rings is 1. The van der Waals surface area contributed by atoms with Gasteiger partial charge < -0.3 is 19.4 Å². The highest BCUT2D eigenvalue weighted by molar-refractivity contribution is 7.96. The fourth-order valence-corrected chi connectivity index (χ4v) is 7.67. The average molecular weight is 585 g/mol. The number of anilines is 1. The van der Waals surface area contributed by atoms with Gasteiger partial charge in [-0.25, -0.2) is 14.4 Å². The second kappa shape index (κ2) is 12.8. The van der Waals surface area contributed by atoms with Crippen molar-refractivity contribution in [1.82, 2.24) is 24.1 Å². The van der Waals surface area contributed by atoms with Crippen LogP contribution in [-0.4, -0.2) is 93.6 Å². The Morgan fingerprint density at radius 1 is 1.15 bits per heavy atom. The standard InChI is InChI=1S/C31H45FN6O2S/c1-6-41-37-13-10-31(11-14-37)19-35(20-31)17-24-9-12-36(18-24)29-28(16-33-21-34-29)40-27-8-7-25(32)15-26(27)30(39)38(22(2)3)23(4)5/h7-8,15-16,21-24H,6,9-14,17-20H2,1-5H3/t24-/m0/s1. The number of piperidine rings is 1. The molecule has 3 saturated heterocycles. The molecule has 1 aromatic carbocycles. The summed E-state index contributed by atoms with van der Waals surface area (Å²) in [5.41, 5.74) is 0.731. The minimum absolute atomic E-state index is 0.0371. The van der Waals surface area contributed by atoms with Gasteiger partial charge in [-0.3, -0.25) is 9.10 Å². The predicted molar refractivity (Wildman–Crippen MR) is 163 cm³/mol. The molecule has 8 nitrogen and oxygen atoms in total. The fraction of sp³-hybridized carbons (Fsp3) is 0.645. The van der Waals surface area contributed by atoms with E-state index in [9.17, 15) is 9.18 Å². The summed E-state index contributed by atoms with van der Waals surface area (Å²) < 4.78 is 23.2. The van der Waals surface area contributed by atoms with E-state index in [2.05, 4.69) is 31.0 Å². The van der Waals surface area contributed by atoms with Gasteiger partial charge >= 0.3 is 0 Å². The van der Waals surface area contributed by atoms with Crippen molar-refractivity contribution in [2.45, 2.75) is 66.0 Å². The molecule has 1 spiro atoms. The lowest BCUT2D eigenvalue weighted by molar-refractivity contribution is -0.0396. The summed E-state index contributed by atoms with van der Waals surface area (Å²) in [6, 6.07) is 4.03. The van der Waals surface area contributed by atoms with Gasteiger partial charge in [0.05, 0.1) is 11.8 Å². The van der Waals surface area contributed by atoms with Crippen LogP contribution in [0.1, 0.15) is 64.2 Å². The van der Waals surface area contributed by atoms with E-state index in [0.29, 0.717) is 22.8 Å². The molecule has 0 N–H and O–H groups in total. The summed E-state index contributed by atoms with van der Waals surface area (Å²) in [6.07, 6.45) is 6.90. The van der Waals surface area contributed by atoms with Gasteiger partial charge in [-0.1, -0.05) is 18.9 Å². The van der Waals surface area contributed by atoms with Crippen LogP contribution in [0.5, 0.6) is 11.5 Å². The van der Waals surface area contributed by atoms with E-state index in [4.69, 9.17) is 4.74 Å². The molecule has 1 aromatic heterocycles. The van der Waals surface area contributed by atoms with E-state index >= 15 is 0 Å². The first-order valence-electron chi connectivity index (χ1n) is 15.1. The number of nitrogens with zero attached hydrogens (tertiary/aromatic N) is 6. The number of likely N-dealkylation sites (tertiary alicyclic amines) is 1. The minimum Gasteiger partial charge on any atom is -0.451 e. The molecule has 5 rings (SSSR count). The quantitative estimate of drug-likeness (QED) is 0.337. The van der Waals surface area contributed by atoms with Gasteiger partial charge in [0.2, 0.25) is 0 Å². The van der Waals surface area contributed by atoms with Crippen molar-refractivity contribution >= 4 is 23.7 Å². The molecular formula is C31H45FN6O2S. The topological polar surface area (TPSA) is 65.0 Å². The first-order valence-corrected chi connectivity index (χ1v) is 16.1. The average Bonchev–Trinajstić information content (AvgIpc) is 3.38. The molecule has 3 aliphatic heterocycles. The lowest BCUT2D eigenvalue weighted by atomic mass is 9.72. The molecule has 0 unspecified atom stereocenters. The summed E-state index contributed by atoms with van der Waals surface area (Å²) in [4.78, 5) is 28.9. The maximum absolute atomic E-state index is 14.3. The number of hydrogen-bond acceptors (Lipinski definition) is 8. The molecule has 3 aliphatic rings. The van der Waals surface area contributed by atoms with Crippen molar-refractivity contribution in [2.75, 3.05) is 56.5 Å². The van der Waals surface area contributed by atoms with Crippen LogP contribution in [0.25, 0.3) is 0 Å². The van der Waals surface area contributed by atoms with E-state index in [1.54, 1.807) is 11.1 Å². The third-order valence-corrected chi connectivity index (χ3v) is 9.70. The number of carbonyl (C=O) groups is 1. The van der Waals surface area contributed by atoms with Gasteiger partial charge in [0, 0.05) is 63.6 Å². The Morgan fingerprint density at radius 2 is 1.88 bits per heavy atom. The van der Waals surface area contributed by atoms with Crippen molar-refractivity contribution in [1.29, 1.82) is 0 Å². The third kappa shape index (κ3) is 6.81. The molecule has 0 saturated carbocycles. The zero-order valence-corrected chi connectivity index (χ0v) is 26.0. The lowest BCUT2D eigenvalue weighted by Crippen LogP contribution is -2.60. The number of aromatic nitrogens is 2. The number of halogens is 1. The molecule has 0 bridgehead atoms. The maximum Gasteiger partial charge on any atom is 0.258 e. The Morgan fingerprint density at radius 3 is 2.56 bits per heavy atom. The van der Waals surface area contributed by atoms with Crippen LogP contribution >= 0.6 is 11.9 Å². The smallest absolute Gasteiger partial charge is 0.258 e. The van der Waals surface area contributed by atoms with Gasteiger partial charge in [-0.05, 0) is 76.5 Å². The van der Waals surface area contributed by atoms with Gasteiger partial charge in [-0.15, -0.1) is 0 Å². The summed E-state index contributed by atoms with van der Waals surface area (Å²) in [5.74, 6) is 2.51. The largest absolute Gasteiger partial charge is 0.451 e. The Labute approximate surface area is 248 Å². The van der Waals surface area contributed by atoms with E-state index < -0.39 is 5.82 Å². The molecule has 10 heteroatoms. The first kappa shape index (κ1) is 30.0. The minimum atomic E-state index is -0.474. The maximum atomic E-state index is 14.3. The van der Waals surface area contributed by atoms with Crippen molar-refractivity contribution in [3.8, 4) is 11.5 Å². The number of amides is 1. The lowest BCUT2D eigenvalue weighted by Gasteiger charge is -2.54. The Balaban J connectivity index is 1.23. The highest BCUT2D eigenvalue weighted by atomic mass is 32.2. The summed E-state index contributed by atoms with van der Waals surface area (Å²) in [7, 11) is 0. The van der Waals surface area contributed by atoms with Crippen LogP contribution in [0.3, 0.4) is 0 Å². The van der Waals surface area contributed by atoms with Crippen LogP contribution in [0.4, 0.5) is 10.2 Å². The number of hydrogen-bond donors (Lipinski definition) is 0. The molecule has 2 aromatic rings. The SMILES string of the molecule is CCSN1CCC2(CC1)CN(C[C@@H]1CCN(c3ncncc3Oc3ccc(F)cc3C(=O)N(C(C)C)C(C)C)C1)C2. The molecule has 1 atom stereocenters. The van der Waals surface area contributed by atoms with Gasteiger partial charge in [0.1, 0.15) is 17.9 Å². The molecule has 1 amide bonds. The summed E-state index contributed by atoms with van der Waals surface area (Å²) >= 11 is 1.98. The Hall–Kier alpha value is -2.43. The highest BCUT2D eigenvalue weighted by Gasteiger charge is 2.45. The van der Waals surface area contributed by atoms with Crippen LogP contribution in [0.2, 0.25) is 0 Å². The molecule has 3 fully saturated rings. The predicted octanol–water partition coefficient (Wildman–Crippen LogP) is 5.56. The second-order valence-electron chi connectivity index (χ2n) is 12.5. The van der Waals surface area contributed by atoms with E-state index in [1.807, 2.05) is 39.6 Å². The van der Waals surface area contributed by atoms with Crippen LogP contribution in [-0.2, 0) is 0 Å². The molecule has 0 radical (unpaired) electrons. The van der Waals surface area contributed by atoms with Gasteiger partial charge in [-0.2, -0.15) is 0 Å². The number of rotatable bonds is 10. The summed E-state index contributed by atoms with van der Waals surface area (Å²) in [6.45, 7) is 17.9. The van der Waals surface area contributed by atoms with Crippen LogP contribution < -0.4 is 9.64 Å². The Kier molecular flexibility index (Phi) is 9.40. The normalized spacial score (nSPS) is 21.1. The monoisotopic (exact) mass is 584 g/mol. The van der Waals surface area contributed by atoms with Crippen molar-refractivity contribution in [3.05, 3.63) is 42.1 Å². The van der Waals surface area contributed by atoms with Gasteiger partial charge in [0.15, 0.2) is 11.6 Å². The molecule has 0 aliphatic carbocycles. The number of carbonyl (C=O) groups excluding carboxylic acids is 1. The third-order valence-electron chi connectivity index (χ3n) is 8.71. The second-order valence-corrected chi connectivity index (χ2v) is 13.8. The number of ether oxygens (including phenoxy) is 1. The zero-order chi connectivity index (χ0) is 29.1. The molecule has 224 valence electrons. The van der Waals surface area contributed by atoms with E-state index in [0.717, 1.165) is 37.6 Å². The van der Waals surface area contributed by atoms with Crippen molar-refractivity contribution in [2.24, 2.45) is 11.3 Å². The van der Waals surface area contributed by atoms with Crippen molar-refractivity contribution in [3.63, 3.8) is 0 Å². The van der Waals surface area contributed by atoms with Crippen molar-refractivity contribution < 1.29 is 13.9 Å². The molecule has 4 heterocycles. The van der Waals surface area contributed by atoms with Crippen LogP contribution in [0.15, 0.2) is 30.7 Å². The molecular weight excluding hydrogens is 539 g/mol. The van der Waals surface area contributed by atoms with Gasteiger partial charge in [0.25, 0.3) is 5.91 Å². The highest BCUT2D eigenvalue weighted by Crippen LogP contribution is 2.43. The fourth-order valence-electron chi connectivity index (χ4n) is 6.86. The Bertz CT molecular complexity index is 1190. The first-order chi connectivity index (χ1) is 19.7. The van der Waals surface area contributed by atoms with E-state index in [-0.39, 0.29) is 23.6 Å². The molecule has 41 heavy (non-hydrogen) atoms. The van der Waals surface area contributed by atoms with Crippen LogP contribution in [0, 0.1) is 17.2 Å². The van der Waals surface area contributed by atoms with E-state index in [1.165, 1.54) is 63.5 Å².